The van der Waals surface area contributed by atoms with Crippen LogP contribution in [0.2, 0.25) is 0 Å². The van der Waals surface area contributed by atoms with E-state index in [1.807, 2.05) is 29.7 Å². The van der Waals surface area contributed by atoms with E-state index < -0.39 is 0 Å². The number of carbonyl (C=O) groups excluding carboxylic acids is 1. The third kappa shape index (κ3) is 3.40. The number of nitrogens with zero attached hydrogens (tertiary/aromatic N) is 4. The summed E-state index contributed by atoms with van der Waals surface area (Å²) in [6.45, 7) is 6.34. The first kappa shape index (κ1) is 17.1. The van der Waals surface area contributed by atoms with Gasteiger partial charge in [-0.2, -0.15) is 0 Å². The van der Waals surface area contributed by atoms with E-state index in [1.165, 1.54) is 0 Å². The monoisotopic (exact) mass is 342 g/mol. The quantitative estimate of drug-likeness (QED) is 0.633. The summed E-state index contributed by atoms with van der Waals surface area (Å²) in [4.78, 5) is 31.7. The number of amides is 1. The summed E-state index contributed by atoms with van der Waals surface area (Å²) in [5.74, 6) is 0.103. The maximum atomic E-state index is 12.2. The van der Waals surface area contributed by atoms with Crippen molar-refractivity contribution in [2.75, 3.05) is 31.1 Å². The molecule has 0 atom stereocenters. The zero-order chi connectivity index (χ0) is 18.0. The molecule has 25 heavy (non-hydrogen) atoms. The van der Waals surface area contributed by atoms with Crippen molar-refractivity contribution < 1.29 is 9.72 Å². The van der Waals surface area contributed by atoms with Gasteiger partial charge < -0.3 is 9.80 Å². The number of pyridine rings is 1. The molecule has 1 aliphatic rings. The molecular formula is C18H22N4O3. The average Bonchev–Trinajstić information content (AvgIpc) is 2.85. The zero-order valence-electron chi connectivity index (χ0n) is 14.5. The number of anilines is 1. The number of benzene rings is 1. The van der Waals surface area contributed by atoms with Gasteiger partial charge in [0, 0.05) is 38.3 Å². The molecule has 7 heteroatoms. The van der Waals surface area contributed by atoms with Crippen molar-refractivity contribution in [2.24, 2.45) is 5.92 Å². The summed E-state index contributed by atoms with van der Waals surface area (Å²) in [5, 5.41) is 12.3. The first-order chi connectivity index (χ1) is 12.0. The van der Waals surface area contributed by atoms with Crippen LogP contribution in [0.15, 0.2) is 30.5 Å². The fraction of sp³-hybridized carbons (Fsp3) is 0.444. The lowest BCUT2D eigenvalue weighted by Crippen LogP contribution is -2.37. The van der Waals surface area contributed by atoms with Crippen LogP contribution >= 0.6 is 0 Å². The highest BCUT2D eigenvalue weighted by Crippen LogP contribution is 2.35. The molecule has 1 aromatic carbocycles. The number of nitro benzene ring substituents is 1. The largest absolute Gasteiger partial charge is 0.364 e. The van der Waals surface area contributed by atoms with Gasteiger partial charge in [0.1, 0.15) is 5.69 Å². The zero-order valence-corrected chi connectivity index (χ0v) is 14.5. The Kier molecular flexibility index (Phi) is 4.83. The predicted molar refractivity (Wildman–Crippen MR) is 96.6 cm³/mol. The van der Waals surface area contributed by atoms with Crippen molar-refractivity contribution in [3.8, 4) is 0 Å². The molecular weight excluding hydrogens is 320 g/mol. The van der Waals surface area contributed by atoms with Gasteiger partial charge in [-0.15, -0.1) is 0 Å². The smallest absolute Gasteiger partial charge is 0.301 e. The SMILES string of the molecule is CC(C)C(=O)N1CCCN(c2ccc3ncccc3c2[N+](=O)[O-])CC1. The van der Waals surface area contributed by atoms with Crippen molar-refractivity contribution in [2.45, 2.75) is 20.3 Å². The van der Waals surface area contributed by atoms with Gasteiger partial charge in [-0.25, -0.2) is 0 Å². The Bertz CT molecular complexity index is 806. The molecule has 0 N–H and O–H groups in total. The highest BCUT2D eigenvalue weighted by atomic mass is 16.6. The number of nitro groups is 1. The third-order valence-electron chi connectivity index (χ3n) is 4.56. The van der Waals surface area contributed by atoms with Gasteiger partial charge in [-0.3, -0.25) is 19.9 Å². The first-order valence-corrected chi connectivity index (χ1v) is 8.55. The van der Waals surface area contributed by atoms with Crippen molar-refractivity contribution in [1.82, 2.24) is 9.88 Å². The lowest BCUT2D eigenvalue weighted by Gasteiger charge is -2.24. The Morgan fingerprint density at radius 3 is 2.72 bits per heavy atom. The van der Waals surface area contributed by atoms with Gasteiger partial charge in [-0.1, -0.05) is 13.8 Å². The molecule has 1 aliphatic heterocycles. The molecule has 1 fully saturated rings. The molecule has 2 aromatic rings. The Balaban J connectivity index is 1.93. The summed E-state index contributed by atoms with van der Waals surface area (Å²) in [6, 6.07) is 7.04. The Labute approximate surface area is 146 Å². The van der Waals surface area contributed by atoms with Gasteiger partial charge in [0.15, 0.2) is 0 Å². The summed E-state index contributed by atoms with van der Waals surface area (Å²) >= 11 is 0. The van der Waals surface area contributed by atoms with Crippen molar-refractivity contribution >= 4 is 28.2 Å². The number of aromatic nitrogens is 1. The van der Waals surface area contributed by atoms with Gasteiger partial charge in [-0.05, 0) is 30.7 Å². The van der Waals surface area contributed by atoms with E-state index in [0.29, 0.717) is 42.8 Å². The second kappa shape index (κ2) is 7.04. The van der Waals surface area contributed by atoms with Crippen LogP contribution in [0.25, 0.3) is 10.9 Å². The molecule has 1 amide bonds. The van der Waals surface area contributed by atoms with Gasteiger partial charge in [0.2, 0.25) is 5.91 Å². The van der Waals surface area contributed by atoms with Crippen molar-refractivity contribution in [3.63, 3.8) is 0 Å². The molecule has 1 saturated heterocycles. The highest BCUT2D eigenvalue weighted by molar-refractivity contribution is 5.94. The Morgan fingerprint density at radius 1 is 1.20 bits per heavy atom. The maximum Gasteiger partial charge on any atom is 0.301 e. The molecule has 7 nitrogen and oxygen atoms in total. The predicted octanol–water partition coefficient (Wildman–Crippen LogP) is 2.84. The lowest BCUT2D eigenvalue weighted by atomic mass is 10.1. The second-order valence-corrected chi connectivity index (χ2v) is 6.58. The van der Waals surface area contributed by atoms with Crippen LogP contribution in [0, 0.1) is 16.0 Å². The summed E-state index contributed by atoms with van der Waals surface area (Å²) in [7, 11) is 0. The number of hydrogen-bond donors (Lipinski definition) is 0. The van der Waals surface area contributed by atoms with E-state index >= 15 is 0 Å². The first-order valence-electron chi connectivity index (χ1n) is 8.55. The Hall–Kier alpha value is -2.70. The highest BCUT2D eigenvalue weighted by Gasteiger charge is 2.26. The standard InChI is InChI=1S/C18H22N4O3/c1-13(2)18(23)21-10-4-9-20(11-12-21)16-7-6-15-14(5-3-8-19-15)17(16)22(24)25/h3,5-8,13H,4,9-12H2,1-2H3. The van der Waals surface area contributed by atoms with Gasteiger partial charge in [0.25, 0.3) is 0 Å². The normalized spacial score (nSPS) is 15.5. The summed E-state index contributed by atoms with van der Waals surface area (Å²) < 4.78 is 0. The molecule has 132 valence electrons. The van der Waals surface area contributed by atoms with Crippen LogP contribution in [0.1, 0.15) is 20.3 Å². The van der Waals surface area contributed by atoms with Crippen LogP contribution in [-0.4, -0.2) is 46.9 Å². The Morgan fingerprint density at radius 2 is 2.00 bits per heavy atom. The molecule has 0 radical (unpaired) electrons. The minimum absolute atomic E-state index is 0.0346. The van der Waals surface area contributed by atoms with Crippen LogP contribution in [0.5, 0.6) is 0 Å². The fourth-order valence-electron chi connectivity index (χ4n) is 3.32. The number of carbonyl (C=O) groups is 1. The average molecular weight is 342 g/mol. The van der Waals surface area contributed by atoms with E-state index in [4.69, 9.17) is 0 Å². The molecule has 0 aliphatic carbocycles. The molecule has 0 saturated carbocycles. The molecule has 0 spiro atoms. The molecule has 0 bridgehead atoms. The van der Waals surface area contributed by atoms with Crippen LogP contribution < -0.4 is 4.90 Å². The van der Waals surface area contributed by atoms with Crippen molar-refractivity contribution in [3.05, 3.63) is 40.6 Å². The minimum Gasteiger partial charge on any atom is -0.364 e. The number of fused-ring (bicyclic) bond motifs is 1. The molecule has 3 rings (SSSR count). The molecule has 0 unspecified atom stereocenters. The second-order valence-electron chi connectivity index (χ2n) is 6.58. The number of rotatable bonds is 3. The summed E-state index contributed by atoms with van der Waals surface area (Å²) in [5.41, 5.74) is 1.31. The lowest BCUT2D eigenvalue weighted by molar-refractivity contribution is -0.382. The van der Waals surface area contributed by atoms with Crippen LogP contribution in [0.3, 0.4) is 0 Å². The maximum absolute atomic E-state index is 12.2. The fourth-order valence-corrected chi connectivity index (χ4v) is 3.32. The van der Waals surface area contributed by atoms with E-state index in [-0.39, 0.29) is 22.4 Å². The van der Waals surface area contributed by atoms with Crippen molar-refractivity contribution in [1.29, 1.82) is 0 Å². The van der Waals surface area contributed by atoms with E-state index in [0.717, 1.165) is 6.42 Å². The third-order valence-corrected chi connectivity index (χ3v) is 4.56. The van der Waals surface area contributed by atoms with Crippen LogP contribution in [-0.2, 0) is 4.79 Å². The van der Waals surface area contributed by atoms with E-state index in [9.17, 15) is 14.9 Å². The van der Waals surface area contributed by atoms with Gasteiger partial charge in [0.05, 0.1) is 15.8 Å². The topological polar surface area (TPSA) is 79.6 Å². The summed E-state index contributed by atoms with van der Waals surface area (Å²) in [6.07, 6.45) is 2.42. The van der Waals surface area contributed by atoms with E-state index in [2.05, 4.69) is 4.98 Å². The van der Waals surface area contributed by atoms with Gasteiger partial charge >= 0.3 is 5.69 Å². The van der Waals surface area contributed by atoms with E-state index in [1.54, 1.807) is 24.4 Å². The molecule has 2 heterocycles. The molecule has 1 aromatic heterocycles. The van der Waals surface area contributed by atoms with Crippen LogP contribution in [0.4, 0.5) is 11.4 Å². The number of hydrogen-bond acceptors (Lipinski definition) is 5. The minimum atomic E-state index is -0.332.